The van der Waals surface area contributed by atoms with Crippen molar-refractivity contribution in [1.29, 1.82) is 0 Å². The highest BCUT2D eigenvalue weighted by molar-refractivity contribution is 7.99. The Hall–Kier alpha value is -0.510. The molecule has 0 amide bonds. The fraction of sp³-hybridized carbons (Fsp3) is 0.571. The molecule has 0 aliphatic rings. The van der Waals surface area contributed by atoms with Gasteiger partial charge < -0.3 is 5.11 Å². The normalized spacial score (nSPS) is 13.0. The Labute approximate surface area is 109 Å². The number of rotatable bonds is 7. The molecule has 0 radical (unpaired) electrons. The Balaban J connectivity index is 2.46. The van der Waals surface area contributed by atoms with Crippen LogP contribution in [-0.4, -0.2) is 34.6 Å². The van der Waals surface area contributed by atoms with Crippen LogP contribution in [0.25, 0.3) is 0 Å². The summed E-state index contributed by atoms with van der Waals surface area (Å²) >= 11 is 1.99. The zero-order valence-electron chi connectivity index (χ0n) is 11.0. The lowest BCUT2D eigenvalue weighted by atomic mass is 10.1. The number of nitrogens with zero attached hydrogens (tertiary/aromatic N) is 1. The molecule has 1 N–H and O–H groups in total. The minimum atomic E-state index is 0.125. The van der Waals surface area contributed by atoms with Gasteiger partial charge in [0.2, 0.25) is 0 Å². The Morgan fingerprint density at radius 1 is 1.24 bits per heavy atom. The first kappa shape index (κ1) is 14.6. The number of benzene rings is 1. The van der Waals surface area contributed by atoms with Crippen molar-refractivity contribution < 1.29 is 5.11 Å². The van der Waals surface area contributed by atoms with Crippen LogP contribution in [0.5, 0.6) is 0 Å². The smallest absolute Gasteiger partial charge is 0.0681 e. The summed E-state index contributed by atoms with van der Waals surface area (Å²) in [6.45, 7) is 5.56. The maximum absolute atomic E-state index is 8.98. The zero-order chi connectivity index (χ0) is 12.7. The van der Waals surface area contributed by atoms with Gasteiger partial charge in [-0.25, -0.2) is 0 Å². The summed E-state index contributed by atoms with van der Waals surface area (Å²) in [5, 5.41) is 8.98. The summed E-state index contributed by atoms with van der Waals surface area (Å²) in [4.78, 5) is 2.37. The van der Waals surface area contributed by atoms with E-state index < -0.39 is 0 Å². The van der Waals surface area contributed by atoms with Gasteiger partial charge in [0.05, 0.1) is 6.61 Å². The third-order valence-electron chi connectivity index (χ3n) is 2.95. The standard InChI is InChI=1S/C14H23NOS/c1-4-17-11-12(2)15(3)9-13-5-7-14(10-16)8-6-13/h5-8,12,16H,4,9-11H2,1-3H3. The van der Waals surface area contributed by atoms with Crippen molar-refractivity contribution in [1.82, 2.24) is 4.90 Å². The van der Waals surface area contributed by atoms with E-state index >= 15 is 0 Å². The molecular weight excluding hydrogens is 230 g/mol. The lowest BCUT2D eigenvalue weighted by molar-refractivity contribution is 0.269. The minimum absolute atomic E-state index is 0.125. The molecule has 0 aliphatic carbocycles. The average molecular weight is 253 g/mol. The maximum atomic E-state index is 8.98. The van der Waals surface area contributed by atoms with Crippen LogP contribution in [-0.2, 0) is 13.2 Å². The van der Waals surface area contributed by atoms with Gasteiger partial charge in [-0.05, 0) is 30.9 Å². The van der Waals surface area contributed by atoms with Gasteiger partial charge in [0.15, 0.2) is 0 Å². The average Bonchev–Trinajstić information content (AvgIpc) is 2.36. The lowest BCUT2D eigenvalue weighted by Gasteiger charge is -2.24. The van der Waals surface area contributed by atoms with E-state index in [0.29, 0.717) is 6.04 Å². The minimum Gasteiger partial charge on any atom is -0.392 e. The zero-order valence-corrected chi connectivity index (χ0v) is 11.8. The molecule has 1 aromatic carbocycles. The van der Waals surface area contributed by atoms with E-state index in [-0.39, 0.29) is 6.61 Å². The highest BCUT2D eigenvalue weighted by atomic mass is 32.2. The first-order chi connectivity index (χ1) is 8.17. The lowest BCUT2D eigenvalue weighted by Crippen LogP contribution is -2.30. The van der Waals surface area contributed by atoms with Crippen LogP contribution >= 0.6 is 11.8 Å². The van der Waals surface area contributed by atoms with Crippen LogP contribution in [0.1, 0.15) is 25.0 Å². The molecule has 0 aliphatic heterocycles. The summed E-state index contributed by atoms with van der Waals surface area (Å²) in [7, 11) is 2.17. The Morgan fingerprint density at radius 3 is 2.35 bits per heavy atom. The van der Waals surface area contributed by atoms with Crippen LogP contribution in [0.2, 0.25) is 0 Å². The van der Waals surface area contributed by atoms with Gasteiger partial charge in [-0.1, -0.05) is 31.2 Å². The monoisotopic (exact) mass is 253 g/mol. The number of hydrogen-bond donors (Lipinski definition) is 1. The van der Waals surface area contributed by atoms with Gasteiger partial charge in [0.1, 0.15) is 0 Å². The van der Waals surface area contributed by atoms with Crippen molar-refractivity contribution in [3.05, 3.63) is 35.4 Å². The Morgan fingerprint density at radius 2 is 1.82 bits per heavy atom. The van der Waals surface area contributed by atoms with E-state index in [4.69, 9.17) is 5.11 Å². The van der Waals surface area contributed by atoms with Gasteiger partial charge in [0, 0.05) is 18.3 Å². The first-order valence-corrected chi connectivity index (χ1v) is 7.29. The molecule has 0 spiro atoms. The van der Waals surface area contributed by atoms with Gasteiger partial charge in [0.25, 0.3) is 0 Å². The second-order valence-corrected chi connectivity index (χ2v) is 5.72. The molecule has 0 fully saturated rings. The molecular formula is C14H23NOS. The van der Waals surface area contributed by atoms with Crippen LogP contribution in [0.15, 0.2) is 24.3 Å². The van der Waals surface area contributed by atoms with E-state index in [0.717, 1.165) is 12.1 Å². The van der Waals surface area contributed by atoms with Crippen molar-refractivity contribution in [2.75, 3.05) is 18.6 Å². The van der Waals surface area contributed by atoms with Crippen LogP contribution < -0.4 is 0 Å². The quantitative estimate of drug-likeness (QED) is 0.808. The second kappa shape index (κ2) is 7.75. The van der Waals surface area contributed by atoms with Gasteiger partial charge >= 0.3 is 0 Å². The fourth-order valence-electron chi connectivity index (χ4n) is 1.61. The molecule has 1 unspecified atom stereocenters. The molecule has 0 aromatic heterocycles. The SMILES string of the molecule is CCSCC(C)N(C)Cc1ccc(CO)cc1. The van der Waals surface area contributed by atoms with Crippen molar-refractivity contribution >= 4 is 11.8 Å². The number of hydrogen-bond acceptors (Lipinski definition) is 3. The highest BCUT2D eigenvalue weighted by Gasteiger charge is 2.09. The molecule has 96 valence electrons. The largest absolute Gasteiger partial charge is 0.392 e. The van der Waals surface area contributed by atoms with Gasteiger partial charge in [-0.15, -0.1) is 0 Å². The number of aliphatic hydroxyl groups is 1. The summed E-state index contributed by atoms with van der Waals surface area (Å²) in [5.74, 6) is 2.37. The molecule has 1 aromatic rings. The van der Waals surface area contributed by atoms with Crippen LogP contribution in [0.3, 0.4) is 0 Å². The fourth-order valence-corrected chi connectivity index (χ4v) is 2.44. The molecule has 0 bridgehead atoms. The molecule has 1 atom stereocenters. The molecule has 0 saturated carbocycles. The number of aliphatic hydroxyl groups excluding tert-OH is 1. The maximum Gasteiger partial charge on any atom is 0.0681 e. The van der Waals surface area contributed by atoms with E-state index in [1.165, 1.54) is 17.1 Å². The Kier molecular flexibility index (Phi) is 6.63. The van der Waals surface area contributed by atoms with E-state index in [9.17, 15) is 0 Å². The summed E-state index contributed by atoms with van der Waals surface area (Å²) < 4.78 is 0. The Bertz CT molecular complexity index is 313. The van der Waals surface area contributed by atoms with Crippen molar-refractivity contribution in [2.45, 2.75) is 33.0 Å². The second-order valence-electron chi connectivity index (χ2n) is 4.40. The third-order valence-corrected chi connectivity index (χ3v) is 4.08. The molecule has 3 heteroatoms. The first-order valence-electron chi connectivity index (χ1n) is 6.14. The third kappa shape index (κ3) is 5.11. The predicted octanol–water partition coefficient (Wildman–Crippen LogP) is 2.75. The van der Waals surface area contributed by atoms with E-state index in [2.05, 4.69) is 37.9 Å². The molecule has 1 rings (SSSR count). The van der Waals surface area contributed by atoms with Gasteiger partial charge in [-0.3, -0.25) is 4.90 Å². The van der Waals surface area contributed by atoms with Crippen molar-refractivity contribution in [2.24, 2.45) is 0 Å². The predicted molar refractivity (Wildman–Crippen MR) is 76.3 cm³/mol. The molecule has 0 saturated heterocycles. The number of thioether (sulfide) groups is 1. The molecule has 0 heterocycles. The topological polar surface area (TPSA) is 23.5 Å². The van der Waals surface area contributed by atoms with Crippen LogP contribution in [0, 0.1) is 0 Å². The summed E-state index contributed by atoms with van der Waals surface area (Å²) in [6.07, 6.45) is 0. The van der Waals surface area contributed by atoms with Crippen LogP contribution in [0.4, 0.5) is 0 Å². The summed E-state index contributed by atoms with van der Waals surface area (Å²) in [6, 6.07) is 8.78. The van der Waals surface area contributed by atoms with Crippen molar-refractivity contribution in [3.8, 4) is 0 Å². The van der Waals surface area contributed by atoms with Gasteiger partial charge in [-0.2, -0.15) is 11.8 Å². The molecule has 2 nitrogen and oxygen atoms in total. The highest BCUT2D eigenvalue weighted by Crippen LogP contribution is 2.11. The van der Waals surface area contributed by atoms with E-state index in [1.54, 1.807) is 0 Å². The summed E-state index contributed by atoms with van der Waals surface area (Å²) in [5.41, 5.74) is 2.28. The van der Waals surface area contributed by atoms with Crippen molar-refractivity contribution in [3.63, 3.8) is 0 Å². The van der Waals surface area contributed by atoms with E-state index in [1.807, 2.05) is 23.9 Å². The molecule has 17 heavy (non-hydrogen) atoms.